The number of allylic oxidation sites excluding steroid dienone is 1. The molecule has 0 aliphatic heterocycles. The minimum absolute atomic E-state index is 0.784. The molecule has 0 N–H and O–H groups in total. The molecule has 0 aromatic carbocycles. The van der Waals surface area contributed by atoms with Gasteiger partial charge in [-0.25, -0.2) is 0 Å². The van der Waals surface area contributed by atoms with E-state index in [-0.39, 0.29) is 0 Å². The summed E-state index contributed by atoms with van der Waals surface area (Å²) in [6.07, 6.45) is 14.7. The van der Waals surface area contributed by atoms with Crippen molar-refractivity contribution in [2.24, 2.45) is 17.8 Å². The quantitative estimate of drug-likeness (QED) is 0.225. The Labute approximate surface area is 147 Å². The monoisotopic (exact) mass is 324 g/mol. The van der Waals surface area contributed by atoms with Crippen LogP contribution in [0.15, 0.2) is 11.6 Å². The van der Waals surface area contributed by atoms with E-state index < -0.39 is 0 Å². The first-order valence-corrected chi connectivity index (χ1v) is 10.2. The summed E-state index contributed by atoms with van der Waals surface area (Å²) in [6, 6.07) is 0. The molecule has 0 aliphatic rings. The van der Waals surface area contributed by atoms with Gasteiger partial charge in [0.1, 0.15) is 0 Å². The second-order valence-electron chi connectivity index (χ2n) is 8.07. The summed E-state index contributed by atoms with van der Waals surface area (Å²) >= 11 is 0. The Hall–Kier alpha value is -0.300. The van der Waals surface area contributed by atoms with Crippen LogP contribution in [0.3, 0.4) is 0 Å². The zero-order valence-corrected chi connectivity index (χ0v) is 17.0. The van der Waals surface area contributed by atoms with Gasteiger partial charge in [-0.05, 0) is 44.4 Å². The van der Waals surface area contributed by atoms with Crippen molar-refractivity contribution in [3.63, 3.8) is 0 Å². The summed E-state index contributed by atoms with van der Waals surface area (Å²) in [7, 11) is 0. The van der Waals surface area contributed by atoms with E-state index in [9.17, 15) is 0 Å². The Bertz CT molecular complexity index is 280. The smallest absolute Gasteiger partial charge is 0.0649 e. The highest BCUT2D eigenvalue weighted by Gasteiger charge is 2.06. The molecule has 0 aromatic heterocycles. The summed E-state index contributed by atoms with van der Waals surface area (Å²) in [5, 5.41) is 0. The minimum Gasteiger partial charge on any atom is -0.378 e. The normalized spacial score (nSPS) is 15.2. The molecule has 0 aliphatic carbocycles. The van der Waals surface area contributed by atoms with Crippen LogP contribution in [0, 0.1) is 17.8 Å². The number of ether oxygens (including phenoxy) is 1. The van der Waals surface area contributed by atoms with E-state index in [1.165, 1.54) is 63.4 Å². The molecule has 0 unspecified atom stereocenters. The van der Waals surface area contributed by atoms with Crippen molar-refractivity contribution < 1.29 is 4.74 Å². The number of rotatable bonds is 15. The first kappa shape index (κ1) is 22.7. The molecule has 0 bridgehead atoms. The molecule has 2 atom stereocenters. The van der Waals surface area contributed by atoms with E-state index in [0.717, 1.165) is 31.0 Å². The Morgan fingerprint density at radius 1 is 0.826 bits per heavy atom. The molecule has 0 heterocycles. The van der Waals surface area contributed by atoms with Gasteiger partial charge in [-0.3, -0.25) is 0 Å². The molecular weight excluding hydrogens is 280 g/mol. The van der Waals surface area contributed by atoms with Crippen molar-refractivity contribution in [3.05, 3.63) is 11.6 Å². The zero-order valence-electron chi connectivity index (χ0n) is 17.0. The van der Waals surface area contributed by atoms with Gasteiger partial charge in [-0.15, -0.1) is 0 Å². The fourth-order valence-electron chi connectivity index (χ4n) is 3.13. The predicted molar refractivity (Wildman–Crippen MR) is 105 cm³/mol. The summed E-state index contributed by atoms with van der Waals surface area (Å²) in [5.41, 5.74) is 1.49. The molecule has 23 heavy (non-hydrogen) atoms. The second kappa shape index (κ2) is 15.2. The SMILES string of the molecule is CCOCC=C(C)CCC[C@H](C)CCC[C@H](C)CCCC(C)C. The molecule has 0 fully saturated rings. The lowest BCUT2D eigenvalue weighted by atomic mass is 9.91. The highest BCUT2D eigenvalue weighted by Crippen LogP contribution is 2.21. The predicted octanol–water partition coefficient (Wildman–Crippen LogP) is 7.41. The zero-order chi connectivity index (χ0) is 17.5. The van der Waals surface area contributed by atoms with Gasteiger partial charge in [0, 0.05) is 6.61 Å². The molecule has 138 valence electrons. The van der Waals surface area contributed by atoms with Crippen molar-refractivity contribution in [2.75, 3.05) is 13.2 Å². The fraction of sp³-hybridized carbons (Fsp3) is 0.909. The van der Waals surface area contributed by atoms with Crippen LogP contribution in [0.5, 0.6) is 0 Å². The first-order valence-electron chi connectivity index (χ1n) is 10.2. The minimum atomic E-state index is 0.784. The van der Waals surface area contributed by atoms with Crippen molar-refractivity contribution >= 4 is 0 Å². The molecule has 0 saturated heterocycles. The Morgan fingerprint density at radius 2 is 1.35 bits per heavy atom. The molecule has 0 spiro atoms. The van der Waals surface area contributed by atoms with E-state index in [2.05, 4.69) is 47.6 Å². The van der Waals surface area contributed by atoms with Crippen LogP contribution in [-0.2, 0) is 4.74 Å². The van der Waals surface area contributed by atoms with Crippen LogP contribution in [0.4, 0.5) is 0 Å². The third kappa shape index (κ3) is 16.3. The van der Waals surface area contributed by atoms with Gasteiger partial charge < -0.3 is 4.74 Å². The lowest BCUT2D eigenvalue weighted by Crippen LogP contribution is -2.00. The van der Waals surface area contributed by atoms with Gasteiger partial charge in [-0.1, -0.05) is 84.3 Å². The maximum absolute atomic E-state index is 5.37. The van der Waals surface area contributed by atoms with Crippen LogP contribution in [0.1, 0.15) is 99.3 Å². The van der Waals surface area contributed by atoms with Crippen LogP contribution < -0.4 is 0 Å². The topological polar surface area (TPSA) is 9.23 Å². The lowest BCUT2D eigenvalue weighted by molar-refractivity contribution is 0.177. The molecule has 0 radical (unpaired) electrons. The third-order valence-electron chi connectivity index (χ3n) is 4.89. The first-order chi connectivity index (χ1) is 11.0. The van der Waals surface area contributed by atoms with Crippen molar-refractivity contribution in [1.82, 2.24) is 0 Å². The van der Waals surface area contributed by atoms with Crippen molar-refractivity contribution in [3.8, 4) is 0 Å². The Kier molecular flexibility index (Phi) is 15.0. The van der Waals surface area contributed by atoms with Crippen LogP contribution in [0.25, 0.3) is 0 Å². The Morgan fingerprint density at radius 3 is 1.87 bits per heavy atom. The molecule has 0 rings (SSSR count). The molecule has 0 aromatic rings. The van der Waals surface area contributed by atoms with Crippen LogP contribution >= 0.6 is 0 Å². The van der Waals surface area contributed by atoms with E-state index >= 15 is 0 Å². The standard InChI is InChI=1S/C22H44O/c1-7-23-18-17-22(6)16-10-15-21(5)14-9-13-20(4)12-8-11-19(2)3/h17,19-21H,7-16,18H2,1-6H3/t20-,21-/m1/s1. The van der Waals surface area contributed by atoms with Gasteiger partial charge >= 0.3 is 0 Å². The lowest BCUT2D eigenvalue weighted by Gasteiger charge is -2.15. The average molecular weight is 325 g/mol. The molecule has 0 saturated carbocycles. The number of hydrogen-bond donors (Lipinski definition) is 0. The van der Waals surface area contributed by atoms with E-state index in [1.54, 1.807) is 0 Å². The van der Waals surface area contributed by atoms with Crippen molar-refractivity contribution in [1.29, 1.82) is 0 Å². The van der Waals surface area contributed by atoms with Crippen LogP contribution in [-0.4, -0.2) is 13.2 Å². The fourth-order valence-corrected chi connectivity index (χ4v) is 3.13. The molecule has 0 amide bonds. The molecule has 1 nitrogen and oxygen atoms in total. The average Bonchev–Trinajstić information content (AvgIpc) is 2.47. The molecular formula is C22H44O. The highest BCUT2D eigenvalue weighted by atomic mass is 16.5. The van der Waals surface area contributed by atoms with Gasteiger partial charge in [0.15, 0.2) is 0 Å². The summed E-state index contributed by atoms with van der Waals surface area (Å²) < 4.78 is 5.37. The van der Waals surface area contributed by atoms with E-state index in [4.69, 9.17) is 4.74 Å². The highest BCUT2D eigenvalue weighted by molar-refractivity contribution is 4.97. The summed E-state index contributed by atoms with van der Waals surface area (Å²) in [5.74, 6) is 2.68. The van der Waals surface area contributed by atoms with Crippen molar-refractivity contribution in [2.45, 2.75) is 99.3 Å². The van der Waals surface area contributed by atoms with E-state index in [1.807, 2.05) is 0 Å². The second-order valence-corrected chi connectivity index (χ2v) is 8.07. The summed E-state index contributed by atoms with van der Waals surface area (Å²) in [4.78, 5) is 0. The Balaban J connectivity index is 3.56. The largest absolute Gasteiger partial charge is 0.378 e. The van der Waals surface area contributed by atoms with Gasteiger partial charge in [0.25, 0.3) is 0 Å². The van der Waals surface area contributed by atoms with Gasteiger partial charge in [0.2, 0.25) is 0 Å². The molecule has 1 heteroatoms. The van der Waals surface area contributed by atoms with Gasteiger partial charge in [0.05, 0.1) is 6.61 Å². The number of hydrogen-bond acceptors (Lipinski definition) is 1. The van der Waals surface area contributed by atoms with E-state index in [0.29, 0.717) is 0 Å². The summed E-state index contributed by atoms with van der Waals surface area (Å²) in [6.45, 7) is 15.4. The third-order valence-corrected chi connectivity index (χ3v) is 4.89. The van der Waals surface area contributed by atoms with Crippen LogP contribution in [0.2, 0.25) is 0 Å². The maximum atomic E-state index is 5.37. The maximum Gasteiger partial charge on any atom is 0.0649 e. The van der Waals surface area contributed by atoms with Gasteiger partial charge in [-0.2, -0.15) is 0 Å².